The molecule has 0 spiro atoms. The van der Waals surface area contributed by atoms with Crippen molar-refractivity contribution in [1.82, 2.24) is 14.9 Å². The first-order valence-corrected chi connectivity index (χ1v) is 5.54. The number of nitrogens with zero attached hydrogens (tertiary/aromatic N) is 4. The number of nitrogens with two attached hydrogens (primary N) is 1. The predicted molar refractivity (Wildman–Crippen MR) is 66.5 cm³/mol. The molecular weight excluding hydrogens is 218 g/mol. The van der Waals surface area contributed by atoms with Gasteiger partial charge in [-0.3, -0.25) is 4.79 Å². The maximum Gasteiger partial charge on any atom is 0.241 e. The number of hydrogen-bond donors (Lipinski definition) is 1. The van der Waals surface area contributed by atoms with Crippen LogP contribution in [0.25, 0.3) is 0 Å². The first-order valence-electron chi connectivity index (χ1n) is 5.54. The van der Waals surface area contributed by atoms with Gasteiger partial charge in [0, 0.05) is 45.1 Å². The second kappa shape index (κ2) is 6.15. The highest BCUT2D eigenvalue weighted by Crippen LogP contribution is 2.06. The lowest BCUT2D eigenvalue weighted by Gasteiger charge is -2.22. The molecule has 0 aliphatic heterocycles. The highest BCUT2D eigenvalue weighted by molar-refractivity contribution is 5.80. The van der Waals surface area contributed by atoms with Crippen molar-refractivity contribution in [2.75, 3.05) is 32.1 Å². The minimum absolute atomic E-state index is 0.0263. The second-order valence-corrected chi connectivity index (χ2v) is 3.90. The van der Waals surface area contributed by atoms with Crippen LogP contribution in [-0.2, 0) is 11.3 Å². The fraction of sp³-hybridized carbons (Fsp3) is 0.545. The minimum Gasteiger partial charge on any atom is -0.347 e. The molecule has 0 aliphatic carbocycles. The molecule has 0 saturated heterocycles. The summed E-state index contributed by atoms with van der Waals surface area (Å²) in [6.45, 7) is 3.35. The Morgan fingerprint density at radius 3 is 2.35 bits per heavy atom. The van der Waals surface area contributed by atoms with Crippen molar-refractivity contribution in [2.24, 2.45) is 5.73 Å². The van der Waals surface area contributed by atoms with E-state index < -0.39 is 0 Å². The monoisotopic (exact) mass is 237 g/mol. The quantitative estimate of drug-likeness (QED) is 0.770. The first-order chi connectivity index (χ1) is 8.08. The molecule has 17 heavy (non-hydrogen) atoms. The molecule has 1 amide bonds. The Kier molecular flexibility index (Phi) is 4.84. The Morgan fingerprint density at radius 2 is 1.94 bits per heavy atom. The number of amides is 1. The predicted octanol–water partition coefficient (Wildman–Crippen LogP) is -0.150. The fourth-order valence-corrected chi connectivity index (χ4v) is 1.25. The van der Waals surface area contributed by atoms with E-state index in [-0.39, 0.29) is 12.5 Å². The van der Waals surface area contributed by atoms with Crippen LogP contribution < -0.4 is 10.6 Å². The van der Waals surface area contributed by atoms with Gasteiger partial charge in [0.05, 0.1) is 6.54 Å². The van der Waals surface area contributed by atoms with Gasteiger partial charge in [-0.2, -0.15) is 0 Å². The van der Waals surface area contributed by atoms with Crippen molar-refractivity contribution in [1.29, 1.82) is 0 Å². The largest absolute Gasteiger partial charge is 0.347 e. The number of likely N-dealkylation sites (N-methyl/N-ethyl adjacent to an activating group) is 2. The number of rotatable bonds is 5. The molecule has 0 radical (unpaired) electrons. The van der Waals surface area contributed by atoms with E-state index in [9.17, 15) is 4.79 Å². The van der Waals surface area contributed by atoms with Crippen molar-refractivity contribution in [3.05, 3.63) is 18.0 Å². The van der Waals surface area contributed by atoms with E-state index in [0.717, 1.165) is 5.56 Å². The van der Waals surface area contributed by atoms with Gasteiger partial charge in [-0.25, -0.2) is 9.97 Å². The van der Waals surface area contributed by atoms with E-state index in [2.05, 4.69) is 9.97 Å². The number of carbonyl (C=O) groups excluding carboxylic acids is 1. The first kappa shape index (κ1) is 13.4. The SMILES string of the molecule is CCN(CC(=O)N(C)C)c1ncc(CN)cn1. The highest BCUT2D eigenvalue weighted by atomic mass is 16.2. The van der Waals surface area contributed by atoms with E-state index in [1.54, 1.807) is 31.4 Å². The standard InChI is InChI=1S/C11H19N5O/c1-4-16(8-10(17)15(2)3)11-13-6-9(5-12)7-14-11/h6-7H,4-5,8,12H2,1-3H3. The van der Waals surface area contributed by atoms with Crippen molar-refractivity contribution in [2.45, 2.75) is 13.5 Å². The van der Waals surface area contributed by atoms with Crippen LogP contribution >= 0.6 is 0 Å². The van der Waals surface area contributed by atoms with Crippen LogP contribution in [-0.4, -0.2) is 48.0 Å². The van der Waals surface area contributed by atoms with Crippen LogP contribution in [0.15, 0.2) is 12.4 Å². The molecule has 0 saturated carbocycles. The van der Waals surface area contributed by atoms with Crippen LogP contribution in [0.2, 0.25) is 0 Å². The van der Waals surface area contributed by atoms with Gasteiger partial charge in [0.25, 0.3) is 0 Å². The molecular formula is C11H19N5O. The molecule has 0 atom stereocenters. The smallest absolute Gasteiger partial charge is 0.241 e. The van der Waals surface area contributed by atoms with E-state index in [0.29, 0.717) is 19.0 Å². The third kappa shape index (κ3) is 3.67. The summed E-state index contributed by atoms with van der Waals surface area (Å²) in [6, 6.07) is 0. The third-order valence-electron chi connectivity index (χ3n) is 2.42. The molecule has 6 heteroatoms. The molecule has 0 unspecified atom stereocenters. The van der Waals surface area contributed by atoms with Gasteiger partial charge in [0.2, 0.25) is 11.9 Å². The summed E-state index contributed by atoms with van der Waals surface area (Å²) >= 11 is 0. The lowest BCUT2D eigenvalue weighted by atomic mass is 10.3. The summed E-state index contributed by atoms with van der Waals surface area (Å²) in [7, 11) is 3.46. The number of hydrogen-bond acceptors (Lipinski definition) is 5. The van der Waals surface area contributed by atoms with E-state index in [4.69, 9.17) is 5.73 Å². The number of anilines is 1. The second-order valence-electron chi connectivity index (χ2n) is 3.90. The summed E-state index contributed by atoms with van der Waals surface area (Å²) in [5.74, 6) is 0.582. The van der Waals surface area contributed by atoms with E-state index >= 15 is 0 Å². The Bertz CT molecular complexity index is 363. The Hall–Kier alpha value is -1.69. The molecule has 6 nitrogen and oxygen atoms in total. The normalized spacial score (nSPS) is 10.1. The Morgan fingerprint density at radius 1 is 1.35 bits per heavy atom. The highest BCUT2D eigenvalue weighted by Gasteiger charge is 2.13. The van der Waals surface area contributed by atoms with Crippen LogP contribution in [0, 0.1) is 0 Å². The number of carbonyl (C=O) groups is 1. The molecule has 0 bridgehead atoms. The van der Waals surface area contributed by atoms with E-state index in [1.807, 2.05) is 11.8 Å². The van der Waals surface area contributed by atoms with Gasteiger partial charge >= 0.3 is 0 Å². The molecule has 94 valence electrons. The summed E-state index contributed by atoms with van der Waals surface area (Å²) in [5.41, 5.74) is 6.35. The molecule has 1 heterocycles. The average molecular weight is 237 g/mol. The van der Waals surface area contributed by atoms with Gasteiger partial charge < -0.3 is 15.5 Å². The van der Waals surface area contributed by atoms with Gasteiger partial charge in [-0.15, -0.1) is 0 Å². The van der Waals surface area contributed by atoms with E-state index in [1.165, 1.54) is 0 Å². The lowest BCUT2D eigenvalue weighted by molar-refractivity contribution is -0.127. The van der Waals surface area contributed by atoms with Gasteiger partial charge in [-0.05, 0) is 6.92 Å². The molecule has 2 N–H and O–H groups in total. The summed E-state index contributed by atoms with van der Waals surface area (Å²) in [6.07, 6.45) is 3.37. The zero-order chi connectivity index (χ0) is 12.8. The molecule has 1 aromatic rings. The molecule has 1 rings (SSSR count). The summed E-state index contributed by atoms with van der Waals surface area (Å²) in [4.78, 5) is 23.4. The van der Waals surface area contributed by atoms with Crippen molar-refractivity contribution < 1.29 is 4.79 Å². The van der Waals surface area contributed by atoms with Crippen molar-refractivity contribution in [3.63, 3.8) is 0 Å². The average Bonchev–Trinajstić information content (AvgIpc) is 2.35. The zero-order valence-corrected chi connectivity index (χ0v) is 10.6. The van der Waals surface area contributed by atoms with Crippen LogP contribution in [0.4, 0.5) is 5.95 Å². The third-order valence-corrected chi connectivity index (χ3v) is 2.42. The summed E-state index contributed by atoms with van der Waals surface area (Å²) in [5, 5.41) is 0. The van der Waals surface area contributed by atoms with Crippen LogP contribution in [0.5, 0.6) is 0 Å². The van der Waals surface area contributed by atoms with Crippen molar-refractivity contribution >= 4 is 11.9 Å². The topological polar surface area (TPSA) is 75.4 Å². The minimum atomic E-state index is 0.0263. The van der Waals surface area contributed by atoms with Crippen LogP contribution in [0.1, 0.15) is 12.5 Å². The zero-order valence-electron chi connectivity index (χ0n) is 10.6. The maximum absolute atomic E-state index is 11.6. The van der Waals surface area contributed by atoms with Crippen LogP contribution in [0.3, 0.4) is 0 Å². The molecule has 1 aromatic heterocycles. The van der Waals surface area contributed by atoms with Gasteiger partial charge in [-0.1, -0.05) is 0 Å². The summed E-state index contributed by atoms with van der Waals surface area (Å²) < 4.78 is 0. The van der Waals surface area contributed by atoms with Gasteiger partial charge in [0.15, 0.2) is 0 Å². The molecule has 0 aliphatic rings. The molecule has 0 aromatic carbocycles. The fourth-order valence-electron chi connectivity index (χ4n) is 1.25. The Labute approximate surface area is 101 Å². The maximum atomic E-state index is 11.6. The molecule has 0 fully saturated rings. The number of aromatic nitrogens is 2. The van der Waals surface area contributed by atoms with Gasteiger partial charge in [0.1, 0.15) is 0 Å². The lowest BCUT2D eigenvalue weighted by Crippen LogP contribution is -2.37. The van der Waals surface area contributed by atoms with Crippen molar-refractivity contribution in [3.8, 4) is 0 Å². The Balaban J connectivity index is 2.75.